The predicted octanol–water partition coefficient (Wildman–Crippen LogP) is 3.13. The molecule has 0 saturated carbocycles. The van der Waals surface area contributed by atoms with Crippen molar-refractivity contribution in [2.45, 2.75) is 11.8 Å². The maximum atomic E-state index is 5.95. The maximum absolute atomic E-state index is 5.95. The fraction of sp³-hybridized carbons (Fsp3) is 0.417. The van der Waals surface area contributed by atoms with Crippen LogP contribution in [0, 0.1) is 0 Å². The summed E-state index contributed by atoms with van der Waals surface area (Å²) in [6.07, 6.45) is 0.707. The average molecular weight is 409 g/mol. The summed E-state index contributed by atoms with van der Waals surface area (Å²) >= 11 is 13.2. The zero-order valence-electron chi connectivity index (χ0n) is 10.4. The lowest BCUT2D eigenvalue weighted by molar-refractivity contribution is 0.530. The first-order valence-electron chi connectivity index (χ1n) is 5.70. The minimum absolute atomic E-state index is 0.117. The van der Waals surface area contributed by atoms with Crippen LogP contribution in [0.1, 0.15) is 11.4 Å². The van der Waals surface area contributed by atoms with Gasteiger partial charge in [0.1, 0.15) is 0 Å². The van der Waals surface area contributed by atoms with Crippen molar-refractivity contribution in [2.75, 3.05) is 10.7 Å². The van der Waals surface area contributed by atoms with E-state index in [4.69, 9.17) is 11.6 Å². The quantitative estimate of drug-likeness (QED) is 0.714. The monoisotopic (exact) mass is 406 g/mol. The normalized spacial score (nSPS) is 11.8. The molecule has 0 aliphatic rings. The second-order valence-electron chi connectivity index (χ2n) is 4.43. The summed E-state index contributed by atoms with van der Waals surface area (Å²) < 4.78 is 0. The number of hydrogen-bond donors (Lipinski definition) is 0. The van der Waals surface area contributed by atoms with Gasteiger partial charge in [-0.25, -0.2) is 0 Å². The van der Waals surface area contributed by atoms with Gasteiger partial charge in [0, 0.05) is 27.5 Å². The third-order valence-electron chi connectivity index (χ3n) is 3.01. The van der Waals surface area contributed by atoms with Crippen LogP contribution in [-0.2, 0) is 18.9 Å². The first-order valence-corrected chi connectivity index (χ1v) is 8.32. The van der Waals surface area contributed by atoms with Crippen molar-refractivity contribution in [1.82, 2.24) is 20.2 Å². The first kappa shape index (κ1) is 14.9. The van der Waals surface area contributed by atoms with Gasteiger partial charge >= 0.3 is 0 Å². The van der Waals surface area contributed by atoms with Crippen LogP contribution < -0.4 is 0 Å². The van der Waals surface area contributed by atoms with Crippen molar-refractivity contribution in [3.63, 3.8) is 0 Å². The van der Waals surface area contributed by atoms with Crippen LogP contribution in [0.4, 0.5) is 0 Å². The van der Waals surface area contributed by atoms with E-state index in [-0.39, 0.29) is 5.41 Å². The van der Waals surface area contributed by atoms with Crippen molar-refractivity contribution < 1.29 is 0 Å². The molecule has 0 aliphatic heterocycles. The van der Waals surface area contributed by atoms with Gasteiger partial charge in [-0.2, -0.15) is 4.80 Å². The van der Waals surface area contributed by atoms with Gasteiger partial charge < -0.3 is 0 Å². The molecule has 0 saturated heterocycles. The van der Waals surface area contributed by atoms with E-state index in [0.29, 0.717) is 6.42 Å². The predicted molar refractivity (Wildman–Crippen MR) is 83.2 cm³/mol. The Hall–Kier alpha value is -0.460. The van der Waals surface area contributed by atoms with E-state index >= 15 is 0 Å². The van der Waals surface area contributed by atoms with Gasteiger partial charge in [0.05, 0.1) is 7.05 Å². The summed E-state index contributed by atoms with van der Waals surface area (Å²) in [5, 5.41) is 14.5. The smallest absolute Gasteiger partial charge is 0.167 e. The van der Waals surface area contributed by atoms with Gasteiger partial charge in [0.2, 0.25) is 0 Å². The van der Waals surface area contributed by atoms with Gasteiger partial charge in [0.15, 0.2) is 5.82 Å². The molecule has 0 atom stereocenters. The van der Waals surface area contributed by atoms with Crippen LogP contribution in [0.5, 0.6) is 0 Å². The lowest BCUT2D eigenvalue weighted by atomic mass is 9.81. The lowest BCUT2D eigenvalue weighted by Gasteiger charge is -2.29. The fourth-order valence-corrected chi connectivity index (χ4v) is 3.99. The van der Waals surface area contributed by atoms with E-state index in [1.54, 1.807) is 7.05 Å². The molecule has 2 aromatic rings. The van der Waals surface area contributed by atoms with E-state index in [1.165, 1.54) is 10.4 Å². The number of nitrogens with zero attached hydrogens (tertiary/aromatic N) is 4. The van der Waals surface area contributed by atoms with Crippen LogP contribution in [-0.4, -0.2) is 30.9 Å². The Morgan fingerprint density at radius 1 is 1.21 bits per heavy atom. The molecule has 1 aromatic heterocycles. The fourth-order valence-electron chi connectivity index (χ4n) is 1.89. The minimum Gasteiger partial charge on any atom is -0.167 e. The zero-order valence-corrected chi connectivity index (χ0v) is 14.3. The molecule has 0 bridgehead atoms. The molecule has 19 heavy (non-hydrogen) atoms. The summed E-state index contributed by atoms with van der Waals surface area (Å²) in [4.78, 5) is 1.48. The third kappa shape index (κ3) is 3.35. The van der Waals surface area contributed by atoms with Gasteiger partial charge in [-0.15, -0.1) is 10.2 Å². The summed E-state index contributed by atoms with van der Waals surface area (Å²) in [5.74, 6) is 0.733. The SMILES string of the molecule is Cn1nnc(CC(CBr)(CBr)c2ccc(Cl)cc2)n1. The molecule has 0 spiro atoms. The molecule has 0 aliphatic carbocycles. The Labute approximate surface area is 133 Å². The summed E-state index contributed by atoms with van der Waals surface area (Å²) in [5.41, 5.74) is 1.08. The minimum atomic E-state index is -0.117. The highest BCUT2D eigenvalue weighted by molar-refractivity contribution is 9.09. The number of aromatic nitrogens is 4. The van der Waals surface area contributed by atoms with Gasteiger partial charge in [-0.3, -0.25) is 0 Å². The zero-order chi connectivity index (χ0) is 13.9. The van der Waals surface area contributed by atoms with Gasteiger partial charge in [0.25, 0.3) is 0 Å². The highest BCUT2D eigenvalue weighted by Gasteiger charge is 2.32. The molecule has 102 valence electrons. The molecule has 0 fully saturated rings. The Morgan fingerprint density at radius 3 is 2.32 bits per heavy atom. The topological polar surface area (TPSA) is 43.6 Å². The van der Waals surface area contributed by atoms with Crippen LogP contribution in [0.3, 0.4) is 0 Å². The number of alkyl halides is 2. The van der Waals surface area contributed by atoms with Crippen molar-refractivity contribution in [2.24, 2.45) is 7.05 Å². The lowest BCUT2D eigenvalue weighted by Crippen LogP contribution is -2.33. The molecular formula is C12H13Br2ClN4. The highest BCUT2D eigenvalue weighted by atomic mass is 79.9. The second-order valence-corrected chi connectivity index (χ2v) is 5.98. The number of benzene rings is 1. The molecule has 0 unspecified atom stereocenters. The van der Waals surface area contributed by atoms with E-state index in [2.05, 4.69) is 47.3 Å². The summed E-state index contributed by atoms with van der Waals surface area (Å²) in [6.45, 7) is 0. The highest BCUT2D eigenvalue weighted by Crippen LogP contribution is 2.32. The average Bonchev–Trinajstić information content (AvgIpc) is 2.82. The van der Waals surface area contributed by atoms with Crippen molar-refractivity contribution in [1.29, 1.82) is 0 Å². The number of rotatable bonds is 5. The maximum Gasteiger partial charge on any atom is 0.175 e. The Bertz CT molecular complexity index is 537. The van der Waals surface area contributed by atoms with E-state index in [0.717, 1.165) is 21.5 Å². The van der Waals surface area contributed by atoms with E-state index in [9.17, 15) is 0 Å². The molecule has 0 radical (unpaired) electrons. The molecule has 0 N–H and O–H groups in total. The van der Waals surface area contributed by atoms with Crippen LogP contribution in [0.2, 0.25) is 5.02 Å². The number of halogens is 3. The largest absolute Gasteiger partial charge is 0.175 e. The molecular weight excluding hydrogens is 395 g/mol. The Kier molecular flexibility index (Phi) is 4.97. The van der Waals surface area contributed by atoms with Crippen LogP contribution in [0.15, 0.2) is 24.3 Å². The number of aryl methyl sites for hydroxylation is 1. The summed E-state index contributed by atoms with van der Waals surface area (Å²) in [7, 11) is 1.77. The van der Waals surface area contributed by atoms with Gasteiger partial charge in [-0.05, 0) is 22.9 Å². The first-order chi connectivity index (χ1) is 9.09. The number of tetrazole rings is 1. The Morgan fingerprint density at radius 2 is 1.84 bits per heavy atom. The molecule has 2 rings (SSSR count). The third-order valence-corrected chi connectivity index (χ3v) is 5.41. The van der Waals surface area contributed by atoms with Crippen molar-refractivity contribution in [3.05, 3.63) is 40.7 Å². The molecule has 0 amide bonds. The molecule has 1 aromatic carbocycles. The standard InChI is InChI=1S/C12H13Br2ClN4/c1-19-17-11(16-18-19)6-12(7-13,8-14)9-2-4-10(15)5-3-9/h2-5H,6-8H2,1H3. The van der Waals surface area contributed by atoms with E-state index in [1.807, 2.05) is 24.3 Å². The van der Waals surface area contributed by atoms with Crippen molar-refractivity contribution >= 4 is 43.5 Å². The molecule has 4 nitrogen and oxygen atoms in total. The van der Waals surface area contributed by atoms with Crippen LogP contribution >= 0.6 is 43.5 Å². The number of hydrogen-bond acceptors (Lipinski definition) is 3. The Balaban J connectivity index is 2.33. The van der Waals surface area contributed by atoms with E-state index < -0.39 is 0 Å². The van der Waals surface area contributed by atoms with Crippen LogP contribution in [0.25, 0.3) is 0 Å². The molecule has 1 heterocycles. The summed E-state index contributed by atoms with van der Waals surface area (Å²) in [6, 6.07) is 7.89. The molecule has 7 heteroatoms. The van der Waals surface area contributed by atoms with Crippen molar-refractivity contribution in [3.8, 4) is 0 Å². The second kappa shape index (κ2) is 6.33. The van der Waals surface area contributed by atoms with Gasteiger partial charge in [-0.1, -0.05) is 55.6 Å².